The van der Waals surface area contributed by atoms with Crippen LogP contribution in [0, 0.1) is 11.7 Å². The van der Waals surface area contributed by atoms with Crippen LogP contribution in [0.25, 0.3) is 16.8 Å². The van der Waals surface area contributed by atoms with E-state index in [1.54, 1.807) is 24.3 Å². The second kappa shape index (κ2) is 10.8. The zero-order valence-electron chi connectivity index (χ0n) is 22.4. The molecule has 40 heavy (non-hydrogen) atoms. The lowest BCUT2D eigenvalue weighted by Crippen LogP contribution is -2.38. The molecule has 2 aliphatic carbocycles. The minimum Gasteiger partial charge on any atom is -0.395 e. The van der Waals surface area contributed by atoms with Crippen molar-refractivity contribution in [1.82, 2.24) is 14.1 Å². The molecule has 2 atom stereocenters. The summed E-state index contributed by atoms with van der Waals surface area (Å²) in [7, 11) is -3.88. The van der Waals surface area contributed by atoms with Crippen molar-refractivity contribution in [2.75, 3.05) is 19.7 Å². The molecule has 206 valence electrons. The van der Waals surface area contributed by atoms with Gasteiger partial charge >= 0.3 is 0 Å². The van der Waals surface area contributed by atoms with E-state index in [0.29, 0.717) is 12.1 Å². The van der Waals surface area contributed by atoms with Gasteiger partial charge < -0.3 is 5.11 Å². The quantitative estimate of drug-likeness (QED) is 0.281. The second-order valence-corrected chi connectivity index (χ2v) is 12.5. The van der Waals surface area contributed by atoms with Gasteiger partial charge in [-0.25, -0.2) is 17.5 Å². The lowest BCUT2D eigenvalue weighted by atomic mass is 9.80. The summed E-state index contributed by atoms with van der Waals surface area (Å²) in [4.78, 5) is 0.251. The Kier molecular flexibility index (Phi) is 7.16. The topological polar surface area (TPSA) is 75.4 Å². The minimum absolute atomic E-state index is 0.0344. The summed E-state index contributed by atoms with van der Waals surface area (Å²) >= 11 is 0. The summed E-state index contributed by atoms with van der Waals surface area (Å²) < 4.78 is 45.0. The Balaban J connectivity index is 1.30. The largest absolute Gasteiger partial charge is 0.395 e. The van der Waals surface area contributed by atoms with Crippen LogP contribution in [0.4, 0.5) is 4.39 Å². The van der Waals surface area contributed by atoms with Crippen LogP contribution in [-0.4, -0.2) is 47.3 Å². The highest BCUT2D eigenvalue weighted by molar-refractivity contribution is 7.89. The molecule has 0 spiro atoms. The van der Waals surface area contributed by atoms with Crippen molar-refractivity contribution in [1.29, 1.82) is 0 Å². The molecule has 1 aromatic heterocycles. The number of benzene rings is 3. The fourth-order valence-electron chi connectivity index (χ4n) is 6.43. The van der Waals surface area contributed by atoms with Gasteiger partial charge in [0.25, 0.3) is 0 Å². The highest BCUT2D eigenvalue weighted by atomic mass is 32.2. The van der Waals surface area contributed by atoms with Crippen LogP contribution in [0.1, 0.15) is 36.9 Å². The average molecular weight is 558 g/mol. The van der Waals surface area contributed by atoms with Crippen LogP contribution in [0.15, 0.2) is 101 Å². The lowest BCUT2D eigenvalue weighted by molar-refractivity contribution is 0.243. The number of nitrogens with zero attached hydrogens (tertiary/aromatic N) is 3. The van der Waals surface area contributed by atoms with Gasteiger partial charge in [-0.05, 0) is 54.7 Å². The van der Waals surface area contributed by atoms with E-state index >= 15 is 0 Å². The first-order valence-electron chi connectivity index (χ1n) is 13.7. The summed E-state index contributed by atoms with van der Waals surface area (Å²) in [5.74, 6) is -0.135. The van der Waals surface area contributed by atoms with Crippen molar-refractivity contribution in [3.05, 3.63) is 113 Å². The number of rotatable bonds is 8. The first kappa shape index (κ1) is 26.6. The van der Waals surface area contributed by atoms with Gasteiger partial charge in [0.15, 0.2) is 0 Å². The fourth-order valence-corrected chi connectivity index (χ4v) is 8.12. The van der Waals surface area contributed by atoms with Gasteiger partial charge in [0.2, 0.25) is 10.0 Å². The second-order valence-electron chi connectivity index (χ2n) is 10.6. The fraction of sp³-hybridized carbons (Fsp3) is 0.281. The number of sulfonamides is 1. The molecule has 0 aliphatic heterocycles. The van der Waals surface area contributed by atoms with Crippen LogP contribution < -0.4 is 0 Å². The van der Waals surface area contributed by atoms with Crippen molar-refractivity contribution in [2.45, 2.75) is 37.0 Å². The van der Waals surface area contributed by atoms with E-state index in [1.165, 1.54) is 27.6 Å². The van der Waals surface area contributed by atoms with E-state index in [4.69, 9.17) is 0 Å². The van der Waals surface area contributed by atoms with Gasteiger partial charge in [-0.3, -0.25) is 0 Å². The van der Waals surface area contributed by atoms with Crippen molar-refractivity contribution < 1.29 is 17.9 Å². The number of fused-ring (bicyclic) bond motifs is 1. The maximum Gasteiger partial charge on any atom is 0.243 e. The van der Waals surface area contributed by atoms with Crippen LogP contribution >= 0.6 is 0 Å². The molecule has 6 nitrogen and oxygen atoms in total. The van der Waals surface area contributed by atoms with Gasteiger partial charge in [0.05, 0.1) is 29.1 Å². The molecule has 4 aromatic rings. The molecule has 0 radical (unpaired) electrons. The summed E-state index contributed by atoms with van der Waals surface area (Å²) in [5.41, 5.74) is 7.17. The molecule has 1 heterocycles. The third-order valence-electron chi connectivity index (χ3n) is 8.29. The first-order valence-corrected chi connectivity index (χ1v) is 15.1. The molecule has 0 unspecified atom stereocenters. The van der Waals surface area contributed by atoms with E-state index in [2.05, 4.69) is 12.0 Å². The molecule has 3 aromatic carbocycles. The highest BCUT2D eigenvalue weighted by Crippen LogP contribution is 2.47. The molecule has 8 heteroatoms. The molecule has 0 saturated heterocycles. The lowest BCUT2D eigenvalue weighted by Gasteiger charge is -2.31. The maximum absolute atomic E-state index is 14.1. The Labute approximate surface area is 234 Å². The van der Waals surface area contributed by atoms with Crippen LogP contribution in [0.5, 0.6) is 0 Å². The zero-order valence-corrected chi connectivity index (χ0v) is 23.2. The molecule has 0 fully saturated rings. The number of halogens is 1. The Morgan fingerprint density at radius 3 is 2.50 bits per heavy atom. The third kappa shape index (κ3) is 4.70. The molecule has 0 amide bonds. The Hall–Kier alpha value is -3.59. The molecular weight excluding hydrogens is 525 g/mol. The van der Waals surface area contributed by atoms with Gasteiger partial charge in [-0.15, -0.1) is 0 Å². The molecule has 6 rings (SSSR count). The Morgan fingerprint density at radius 2 is 1.75 bits per heavy atom. The number of hydrogen-bond donors (Lipinski definition) is 1. The van der Waals surface area contributed by atoms with Crippen molar-refractivity contribution in [3.8, 4) is 16.8 Å². The van der Waals surface area contributed by atoms with Crippen LogP contribution in [-0.2, 0) is 16.4 Å². The van der Waals surface area contributed by atoms with Crippen molar-refractivity contribution in [2.24, 2.45) is 5.92 Å². The van der Waals surface area contributed by atoms with Crippen LogP contribution in [0.2, 0.25) is 0 Å². The smallest absolute Gasteiger partial charge is 0.243 e. The molecule has 0 saturated carbocycles. The van der Waals surface area contributed by atoms with E-state index in [0.717, 1.165) is 41.8 Å². The van der Waals surface area contributed by atoms with Crippen molar-refractivity contribution in [3.63, 3.8) is 0 Å². The van der Waals surface area contributed by atoms with Gasteiger partial charge in [-0.1, -0.05) is 66.6 Å². The average Bonchev–Trinajstić information content (AvgIpc) is 3.59. The predicted octanol–water partition coefficient (Wildman–Crippen LogP) is 5.73. The van der Waals surface area contributed by atoms with Gasteiger partial charge in [0.1, 0.15) is 5.82 Å². The summed E-state index contributed by atoms with van der Waals surface area (Å²) in [6.07, 6.45) is 4.39. The molecule has 1 N–H and O–H groups in total. The monoisotopic (exact) mass is 557 g/mol. The van der Waals surface area contributed by atoms with Crippen molar-refractivity contribution >= 4 is 10.0 Å². The van der Waals surface area contributed by atoms with E-state index < -0.39 is 10.0 Å². The molecule has 0 bridgehead atoms. The summed E-state index contributed by atoms with van der Waals surface area (Å²) in [6, 6.07) is 23.0. The maximum atomic E-state index is 14.1. The Morgan fingerprint density at radius 1 is 1.02 bits per heavy atom. The number of hydrogen-bond acceptors (Lipinski definition) is 4. The molecular formula is C32H32FN3O3S. The predicted molar refractivity (Wildman–Crippen MR) is 153 cm³/mol. The Bertz CT molecular complexity index is 1660. The highest BCUT2D eigenvalue weighted by Gasteiger charge is 2.39. The third-order valence-corrected chi connectivity index (χ3v) is 10.2. The number of aromatic nitrogens is 2. The summed E-state index contributed by atoms with van der Waals surface area (Å²) in [6.45, 7) is 2.26. The van der Waals surface area contributed by atoms with E-state index in [-0.39, 0.29) is 35.7 Å². The first-order chi connectivity index (χ1) is 19.4. The normalized spacial score (nSPS) is 18.7. The number of aliphatic hydroxyl groups is 1. The zero-order chi connectivity index (χ0) is 27.9. The number of aliphatic hydroxyl groups excluding tert-OH is 1. The van der Waals surface area contributed by atoms with Gasteiger partial charge in [0, 0.05) is 36.6 Å². The standard InChI is InChI=1S/C32H32FN3O3S/c1-22-29-20-34-36(27-15-13-26(33)14-16-27)30(29)19-24-11-12-25(32(22)24)21-35(17-18-37)40(38,39)31-10-6-5-9-28(31)23-7-3-2-4-8-23/h2-10,13-16,20,22,25,37H,11-12,17-19,21H2,1H3/t22-,25+/m0/s1. The summed E-state index contributed by atoms with van der Waals surface area (Å²) in [5, 5.41) is 14.5. The van der Waals surface area contributed by atoms with E-state index in [1.807, 2.05) is 53.3 Å². The van der Waals surface area contributed by atoms with Crippen LogP contribution in [0.3, 0.4) is 0 Å². The number of allylic oxidation sites excluding steroid dienone is 1. The molecule has 2 aliphatic rings. The van der Waals surface area contributed by atoms with E-state index in [9.17, 15) is 17.9 Å². The minimum atomic E-state index is -3.88. The SMILES string of the molecule is C[C@@H]1C2=C(CC[C@@H]2CN(CCO)S(=O)(=O)c2ccccc2-c2ccccc2)Cc2c1cnn2-c1ccc(F)cc1. The van der Waals surface area contributed by atoms with Gasteiger partial charge in [-0.2, -0.15) is 9.40 Å².